The Hall–Kier alpha value is -0.0805. The third-order valence-electron chi connectivity index (χ3n) is 2.88. The molecule has 1 aliphatic rings. The van der Waals surface area contributed by atoms with E-state index in [4.69, 9.17) is 0 Å². The first-order valence-corrected chi connectivity index (χ1v) is 14.8. The molecule has 0 aliphatic carbocycles. The zero-order valence-electron chi connectivity index (χ0n) is 8.49. The van der Waals surface area contributed by atoms with E-state index in [1.807, 2.05) is 0 Å². The Labute approximate surface area is 112 Å². The first-order chi connectivity index (χ1) is 7.69. The Morgan fingerprint density at radius 3 is 1.69 bits per heavy atom. The summed E-state index contributed by atoms with van der Waals surface area (Å²) in [6.07, 6.45) is 1.06. The topological polar surface area (TPSA) is 0 Å². The number of fused-ring (bicyclic) bond motifs is 2. The van der Waals surface area contributed by atoms with Crippen LogP contribution in [0.2, 0.25) is 0 Å². The van der Waals surface area contributed by atoms with Gasteiger partial charge < -0.3 is 0 Å². The van der Waals surface area contributed by atoms with Crippen LogP contribution < -0.4 is 8.92 Å². The van der Waals surface area contributed by atoms with Gasteiger partial charge in [-0.1, -0.05) is 0 Å². The minimum atomic E-state index is -2.00. The van der Waals surface area contributed by atoms with Crippen molar-refractivity contribution in [2.75, 3.05) is 0 Å². The summed E-state index contributed by atoms with van der Waals surface area (Å²) in [6, 6.07) is 17.5. The van der Waals surface area contributed by atoms with Crippen LogP contribution in [0.25, 0.3) is 0 Å². The van der Waals surface area contributed by atoms with Gasteiger partial charge in [0.25, 0.3) is 0 Å². The normalized spacial score (nSPS) is 18.4. The molecule has 0 N–H and O–H groups in total. The molecule has 0 fully saturated rings. The molecule has 2 aromatic carbocycles. The Balaban J connectivity index is 2.28. The fourth-order valence-corrected chi connectivity index (χ4v) is 12.2. The van der Waals surface area contributed by atoms with E-state index in [1.54, 1.807) is 0 Å². The van der Waals surface area contributed by atoms with Crippen LogP contribution in [-0.4, -0.2) is 9.23 Å². The van der Waals surface area contributed by atoms with Gasteiger partial charge in [-0.15, -0.1) is 0 Å². The molecule has 82 valence electrons. The van der Waals surface area contributed by atoms with Crippen molar-refractivity contribution in [3.8, 4) is 0 Å². The first kappa shape index (κ1) is 11.0. The molecular formula is C13H10Br2Se. The number of hydrogen-bond donors (Lipinski definition) is 0. The van der Waals surface area contributed by atoms with Crippen molar-refractivity contribution in [3.63, 3.8) is 0 Å². The van der Waals surface area contributed by atoms with Gasteiger partial charge >= 0.3 is 112 Å². The van der Waals surface area contributed by atoms with Crippen molar-refractivity contribution in [2.45, 2.75) is 6.42 Å². The van der Waals surface area contributed by atoms with Crippen LogP contribution in [0.4, 0.5) is 0 Å². The summed E-state index contributed by atoms with van der Waals surface area (Å²) in [6.45, 7) is 0. The number of hydrogen-bond acceptors (Lipinski definition) is 0. The molecule has 1 heterocycles. The molecule has 0 nitrogen and oxygen atoms in total. The zero-order valence-corrected chi connectivity index (χ0v) is 13.4. The van der Waals surface area contributed by atoms with Gasteiger partial charge in [-0.3, -0.25) is 0 Å². The van der Waals surface area contributed by atoms with Gasteiger partial charge in [-0.2, -0.15) is 0 Å². The van der Waals surface area contributed by atoms with Crippen LogP contribution >= 0.6 is 28.2 Å². The fraction of sp³-hybridized carbons (Fsp3) is 0.0769. The van der Waals surface area contributed by atoms with Gasteiger partial charge in [0, 0.05) is 0 Å². The summed E-state index contributed by atoms with van der Waals surface area (Å²) in [4.78, 5) is 0. The predicted molar refractivity (Wildman–Crippen MR) is 78.6 cm³/mol. The van der Waals surface area contributed by atoms with Gasteiger partial charge in [0.05, 0.1) is 0 Å². The summed E-state index contributed by atoms with van der Waals surface area (Å²) >= 11 is 7.93. The van der Waals surface area contributed by atoms with Gasteiger partial charge in [-0.05, 0) is 0 Å². The third-order valence-corrected chi connectivity index (χ3v) is 14.1. The number of halogens is 2. The van der Waals surface area contributed by atoms with Gasteiger partial charge in [-0.25, -0.2) is 0 Å². The summed E-state index contributed by atoms with van der Waals surface area (Å²) in [7, 11) is -2.00. The molecule has 0 unspecified atom stereocenters. The van der Waals surface area contributed by atoms with Crippen LogP contribution in [0.15, 0.2) is 48.5 Å². The van der Waals surface area contributed by atoms with Crippen LogP contribution in [-0.2, 0) is 6.42 Å². The SMILES string of the molecule is Br[Se]1(Br)c2ccccc2Cc2ccccc21. The predicted octanol–water partition coefficient (Wildman–Crippen LogP) is 2.94. The monoisotopic (exact) mass is 404 g/mol. The Bertz CT molecular complexity index is 502. The van der Waals surface area contributed by atoms with Gasteiger partial charge in [0.2, 0.25) is 0 Å². The molecule has 0 atom stereocenters. The molecule has 0 radical (unpaired) electrons. The molecule has 1 aliphatic heterocycles. The summed E-state index contributed by atoms with van der Waals surface area (Å²) in [5, 5.41) is 0. The van der Waals surface area contributed by atoms with E-state index in [9.17, 15) is 0 Å². The molecular weight excluding hydrogens is 395 g/mol. The molecule has 3 rings (SSSR count). The number of rotatable bonds is 0. The molecule has 16 heavy (non-hydrogen) atoms. The second-order valence-electron chi connectivity index (χ2n) is 3.86. The molecule has 0 bridgehead atoms. The zero-order chi connectivity index (χ0) is 11.2. The van der Waals surface area contributed by atoms with Crippen molar-refractivity contribution in [1.29, 1.82) is 0 Å². The summed E-state index contributed by atoms with van der Waals surface area (Å²) in [5.74, 6) is 0. The van der Waals surface area contributed by atoms with E-state index in [0.717, 1.165) is 6.42 Å². The Morgan fingerprint density at radius 2 is 1.19 bits per heavy atom. The Kier molecular flexibility index (Phi) is 2.75. The van der Waals surface area contributed by atoms with Gasteiger partial charge in [0.1, 0.15) is 0 Å². The molecule has 0 spiro atoms. The standard InChI is InChI=1S/C13H10Br2Se/c14-16(15)12-7-3-1-5-10(12)9-11-6-2-4-8-13(11)16/h1-8H,9H2. The van der Waals surface area contributed by atoms with Crippen molar-refractivity contribution < 1.29 is 0 Å². The van der Waals surface area contributed by atoms with E-state index >= 15 is 0 Å². The van der Waals surface area contributed by atoms with Crippen LogP contribution in [0, 0.1) is 0 Å². The van der Waals surface area contributed by atoms with Crippen LogP contribution in [0.1, 0.15) is 11.1 Å². The summed E-state index contributed by atoms with van der Waals surface area (Å²) in [5.41, 5.74) is 2.91. The second kappa shape index (κ2) is 3.99. The second-order valence-corrected chi connectivity index (χ2v) is 22.3. The first-order valence-electron chi connectivity index (χ1n) is 5.08. The summed E-state index contributed by atoms with van der Waals surface area (Å²) < 4.78 is 2.94. The average Bonchev–Trinajstić information content (AvgIpc) is 2.29. The molecule has 0 saturated heterocycles. The number of benzene rings is 2. The van der Waals surface area contributed by atoms with E-state index < -0.39 is 9.23 Å². The van der Waals surface area contributed by atoms with Crippen molar-refractivity contribution in [2.24, 2.45) is 0 Å². The van der Waals surface area contributed by atoms with Gasteiger partial charge in [0.15, 0.2) is 0 Å². The average molecular weight is 405 g/mol. The maximum absolute atomic E-state index is 3.96. The minimum absolute atomic E-state index is 1.06. The fourth-order valence-electron chi connectivity index (χ4n) is 2.12. The van der Waals surface area contributed by atoms with E-state index in [2.05, 4.69) is 76.8 Å². The van der Waals surface area contributed by atoms with Crippen molar-refractivity contribution in [1.82, 2.24) is 0 Å². The van der Waals surface area contributed by atoms with E-state index in [1.165, 1.54) is 20.1 Å². The Morgan fingerprint density at radius 1 is 0.750 bits per heavy atom. The van der Waals surface area contributed by atoms with Crippen LogP contribution in [0.3, 0.4) is 0 Å². The maximum atomic E-state index is 3.96. The van der Waals surface area contributed by atoms with Crippen LogP contribution in [0.5, 0.6) is 0 Å². The molecule has 0 aromatic heterocycles. The van der Waals surface area contributed by atoms with Crippen molar-refractivity contribution in [3.05, 3.63) is 59.7 Å². The van der Waals surface area contributed by atoms with Crippen molar-refractivity contribution >= 4 is 46.4 Å². The quantitative estimate of drug-likeness (QED) is 0.592. The molecule has 3 heteroatoms. The van der Waals surface area contributed by atoms with E-state index in [-0.39, 0.29) is 0 Å². The third kappa shape index (κ3) is 1.62. The molecule has 0 saturated carbocycles. The molecule has 0 amide bonds. The van der Waals surface area contributed by atoms with E-state index in [0.29, 0.717) is 0 Å². The molecule has 2 aromatic rings.